The first-order chi connectivity index (χ1) is 14.4. The molecule has 158 valence electrons. The van der Waals surface area contributed by atoms with Crippen molar-refractivity contribution in [2.75, 3.05) is 11.9 Å². The van der Waals surface area contributed by atoms with Gasteiger partial charge in [-0.2, -0.15) is 0 Å². The van der Waals surface area contributed by atoms with E-state index in [0.717, 1.165) is 27.1 Å². The lowest BCUT2D eigenvalue weighted by Crippen LogP contribution is -2.50. The molecule has 2 aromatic heterocycles. The van der Waals surface area contributed by atoms with Gasteiger partial charge in [0.1, 0.15) is 6.04 Å². The van der Waals surface area contributed by atoms with Crippen LogP contribution in [0.25, 0.3) is 10.2 Å². The number of nitrogens with one attached hydrogen (secondary N) is 4. The molecule has 3 aromatic rings. The van der Waals surface area contributed by atoms with Gasteiger partial charge in [-0.15, -0.1) is 11.3 Å². The zero-order valence-corrected chi connectivity index (χ0v) is 18.5. The fraction of sp³-hybridized carbons (Fsp3) is 0.300. The zero-order chi connectivity index (χ0) is 21.7. The van der Waals surface area contributed by atoms with Crippen LogP contribution in [0.2, 0.25) is 0 Å². The van der Waals surface area contributed by atoms with E-state index in [2.05, 4.69) is 26.5 Å². The number of benzene rings is 1. The Bertz CT molecular complexity index is 1040. The number of para-hydroxylation sites is 1. The molecule has 2 heterocycles. The minimum absolute atomic E-state index is 0.239. The third kappa shape index (κ3) is 5.33. The summed E-state index contributed by atoms with van der Waals surface area (Å²) in [5.41, 5.74) is 6.58. The van der Waals surface area contributed by atoms with Crippen LogP contribution in [0.15, 0.2) is 30.3 Å². The maximum Gasteiger partial charge on any atom is 0.261 e. The monoisotopic (exact) mass is 445 g/mol. The van der Waals surface area contributed by atoms with Crippen molar-refractivity contribution < 1.29 is 14.4 Å². The summed E-state index contributed by atoms with van der Waals surface area (Å²) in [6.07, 6.45) is 0.861. The van der Waals surface area contributed by atoms with Crippen LogP contribution >= 0.6 is 22.7 Å². The number of hydrogen-bond donors (Lipinski definition) is 4. The van der Waals surface area contributed by atoms with Crippen LogP contribution < -0.4 is 21.5 Å². The van der Waals surface area contributed by atoms with Gasteiger partial charge in [0.2, 0.25) is 0 Å². The Hall–Kier alpha value is -2.98. The molecule has 1 atom stereocenters. The lowest BCUT2D eigenvalue weighted by molar-refractivity contribution is -0.128. The SMILES string of the molecule is CCc1sc(C(=O)NCC(=O)NNC(=O)C(C)Nc2nc3ccccc3s2)cc1C. The first-order valence-corrected chi connectivity index (χ1v) is 11.1. The third-order valence-electron chi connectivity index (χ3n) is 4.33. The Balaban J connectivity index is 1.43. The van der Waals surface area contributed by atoms with Gasteiger partial charge in [-0.3, -0.25) is 25.2 Å². The van der Waals surface area contributed by atoms with Crippen LogP contribution in [-0.4, -0.2) is 35.3 Å². The standard InChI is InChI=1S/C20H23N5O3S2/c1-4-14-11(2)9-16(29-14)19(28)21-10-17(26)24-25-18(27)12(3)22-20-23-13-7-5-6-8-15(13)30-20/h5-9,12H,4,10H2,1-3H3,(H,21,28)(H,22,23)(H,24,26)(H,25,27). The van der Waals surface area contributed by atoms with Gasteiger partial charge >= 0.3 is 0 Å². The van der Waals surface area contributed by atoms with E-state index in [1.807, 2.05) is 44.2 Å². The van der Waals surface area contributed by atoms with E-state index in [1.165, 1.54) is 22.7 Å². The van der Waals surface area contributed by atoms with Gasteiger partial charge in [0, 0.05) is 4.88 Å². The summed E-state index contributed by atoms with van der Waals surface area (Å²) < 4.78 is 1.02. The number of hydrogen-bond acceptors (Lipinski definition) is 7. The van der Waals surface area contributed by atoms with E-state index in [4.69, 9.17) is 0 Å². The smallest absolute Gasteiger partial charge is 0.261 e. The second-order valence-electron chi connectivity index (χ2n) is 6.64. The quantitative estimate of drug-likeness (QED) is 0.418. The summed E-state index contributed by atoms with van der Waals surface area (Å²) in [7, 11) is 0. The second-order valence-corrected chi connectivity index (χ2v) is 8.81. The number of amides is 3. The molecule has 0 saturated heterocycles. The van der Waals surface area contributed by atoms with Crippen LogP contribution in [0.1, 0.15) is 34.0 Å². The highest BCUT2D eigenvalue weighted by molar-refractivity contribution is 7.22. The summed E-state index contributed by atoms with van der Waals surface area (Å²) in [5, 5.41) is 6.19. The van der Waals surface area contributed by atoms with Crippen molar-refractivity contribution in [3.63, 3.8) is 0 Å². The predicted molar refractivity (Wildman–Crippen MR) is 120 cm³/mol. The van der Waals surface area contributed by atoms with Gasteiger partial charge < -0.3 is 10.6 Å². The molecule has 0 aliphatic rings. The molecule has 0 bridgehead atoms. The van der Waals surface area contributed by atoms with Crippen molar-refractivity contribution >= 4 is 55.7 Å². The number of fused-ring (bicyclic) bond motifs is 1. The molecule has 4 N–H and O–H groups in total. The number of anilines is 1. The topological polar surface area (TPSA) is 112 Å². The van der Waals surface area contributed by atoms with Crippen LogP contribution in [-0.2, 0) is 16.0 Å². The van der Waals surface area contributed by atoms with Gasteiger partial charge in [-0.25, -0.2) is 4.98 Å². The van der Waals surface area contributed by atoms with Crippen LogP contribution in [0.4, 0.5) is 5.13 Å². The molecule has 10 heteroatoms. The number of hydrazine groups is 1. The number of nitrogens with zero attached hydrogens (tertiary/aromatic N) is 1. The van der Waals surface area contributed by atoms with Crippen molar-refractivity contribution in [3.05, 3.63) is 45.6 Å². The zero-order valence-electron chi connectivity index (χ0n) is 16.9. The summed E-state index contributed by atoms with van der Waals surface area (Å²) in [5.74, 6) is -1.25. The van der Waals surface area contributed by atoms with Gasteiger partial charge in [0.15, 0.2) is 5.13 Å². The fourth-order valence-electron chi connectivity index (χ4n) is 2.70. The molecule has 8 nitrogen and oxygen atoms in total. The first-order valence-electron chi connectivity index (χ1n) is 9.45. The molecule has 1 aromatic carbocycles. The molecule has 0 aliphatic carbocycles. The number of rotatable bonds is 7. The summed E-state index contributed by atoms with van der Waals surface area (Å²) >= 11 is 2.86. The summed E-state index contributed by atoms with van der Waals surface area (Å²) in [4.78, 5) is 42.4. The summed E-state index contributed by atoms with van der Waals surface area (Å²) in [6, 6.07) is 8.89. The average molecular weight is 446 g/mol. The Morgan fingerprint density at radius 1 is 1.13 bits per heavy atom. The highest BCUT2D eigenvalue weighted by Crippen LogP contribution is 2.25. The highest BCUT2D eigenvalue weighted by atomic mass is 32.1. The molecule has 0 aliphatic heterocycles. The molecule has 30 heavy (non-hydrogen) atoms. The van der Waals surface area contributed by atoms with Crippen molar-refractivity contribution in [3.8, 4) is 0 Å². The van der Waals surface area contributed by atoms with E-state index in [0.29, 0.717) is 10.0 Å². The van der Waals surface area contributed by atoms with E-state index in [9.17, 15) is 14.4 Å². The van der Waals surface area contributed by atoms with Gasteiger partial charge in [-0.1, -0.05) is 30.4 Å². The number of thiophene rings is 1. The number of aryl methyl sites for hydroxylation is 2. The molecule has 0 fully saturated rings. The molecular formula is C20H23N5O3S2. The van der Waals surface area contributed by atoms with E-state index < -0.39 is 17.9 Å². The maximum absolute atomic E-state index is 12.2. The minimum atomic E-state index is -0.609. The molecular weight excluding hydrogens is 422 g/mol. The van der Waals surface area contributed by atoms with Crippen molar-refractivity contribution in [2.24, 2.45) is 0 Å². The summed E-state index contributed by atoms with van der Waals surface area (Å²) in [6.45, 7) is 5.41. The van der Waals surface area contributed by atoms with Crippen molar-refractivity contribution in [1.29, 1.82) is 0 Å². The number of carbonyl (C=O) groups is 3. The molecule has 3 rings (SSSR count). The van der Waals surface area contributed by atoms with E-state index in [1.54, 1.807) is 6.92 Å². The average Bonchev–Trinajstić information content (AvgIpc) is 3.32. The Kier molecular flexibility index (Phi) is 7.01. The van der Waals surface area contributed by atoms with Crippen LogP contribution in [0, 0.1) is 6.92 Å². The molecule has 0 saturated carbocycles. The second kappa shape index (κ2) is 9.68. The molecule has 3 amide bonds. The third-order valence-corrected chi connectivity index (χ3v) is 6.68. The van der Waals surface area contributed by atoms with Crippen molar-refractivity contribution in [2.45, 2.75) is 33.2 Å². The predicted octanol–water partition coefficient (Wildman–Crippen LogP) is 2.61. The lowest BCUT2D eigenvalue weighted by atomic mass is 10.2. The van der Waals surface area contributed by atoms with E-state index in [-0.39, 0.29) is 12.5 Å². The van der Waals surface area contributed by atoms with Crippen molar-refractivity contribution in [1.82, 2.24) is 21.2 Å². The molecule has 0 radical (unpaired) electrons. The van der Waals surface area contributed by atoms with Gasteiger partial charge in [0.05, 0.1) is 21.6 Å². The Labute approximate surface area is 182 Å². The normalized spacial score (nSPS) is 11.7. The number of carbonyl (C=O) groups excluding carboxylic acids is 3. The molecule has 0 spiro atoms. The first kappa shape index (κ1) is 21.7. The van der Waals surface area contributed by atoms with Gasteiger partial charge in [0.25, 0.3) is 17.7 Å². The van der Waals surface area contributed by atoms with Gasteiger partial charge in [-0.05, 0) is 44.0 Å². The molecule has 1 unspecified atom stereocenters. The fourth-order valence-corrected chi connectivity index (χ4v) is 4.68. The van der Waals surface area contributed by atoms with E-state index >= 15 is 0 Å². The largest absolute Gasteiger partial charge is 0.350 e. The highest BCUT2D eigenvalue weighted by Gasteiger charge is 2.16. The lowest BCUT2D eigenvalue weighted by Gasteiger charge is -2.14. The van der Waals surface area contributed by atoms with Crippen LogP contribution in [0.5, 0.6) is 0 Å². The number of thiazole rings is 1. The maximum atomic E-state index is 12.2. The van der Waals surface area contributed by atoms with Crippen LogP contribution in [0.3, 0.4) is 0 Å². The minimum Gasteiger partial charge on any atom is -0.350 e. The number of aromatic nitrogens is 1. The Morgan fingerprint density at radius 2 is 1.90 bits per heavy atom. The Morgan fingerprint density at radius 3 is 2.60 bits per heavy atom.